The summed E-state index contributed by atoms with van der Waals surface area (Å²) in [5, 5.41) is 0. The molecule has 0 spiro atoms. The van der Waals surface area contributed by atoms with Crippen LogP contribution in [0.15, 0.2) is 18.2 Å². The highest BCUT2D eigenvalue weighted by molar-refractivity contribution is 5.42. The molecule has 0 heterocycles. The van der Waals surface area contributed by atoms with Gasteiger partial charge in [0.2, 0.25) is 0 Å². The van der Waals surface area contributed by atoms with Gasteiger partial charge in [-0.1, -0.05) is 11.8 Å². The predicted molar refractivity (Wildman–Crippen MR) is 50.4 cm³/mol. The third-order valence-corrected chi connectivity index (χ3v) is 1.33. The van der Waals surface area contributed by atoms with Crippen molar-refractivity contribution >= 4 is 0 Å². The molecule has 1 aromatic rings. The molecule has 1 radical (unpaired) electrons. The fourth-order valence-corrected chi connectivity index (χ4v) is 0.905. The molecular formula is C12H9. The van der Waals surface area contributed by atoms with Crippen molar-refractivity contribution in [2.75, 3.05) is 0 Å². The van der Waals surface area contributed by atoms with Gasteiger partial charge in [0.05, 0.1) is 0 Å². The highest BCUT2D eigenvalue weighted by atomic mass is 13.9. The average molecular weight is 153 g/mol. The molecule has 0 saturated heterocycles. The van der Waals surface area contributed by atoms with Gasteiger partial charge in [-0.2, -0.15) is 0 Å². The van der Waals surface area contributed by atoms with E-state index in [9.17, 15) is 0 Å². The second kappa shape index (κ2) is 4.27. The van der Waals surface area contributed by atoms with Crippen LogP contribution in [-0.4, -0.2) is 0 Å². The zero-order valence-corrected chi connectivity index (χ0v) is 7.23. The van der Waals surface area contributed by atoms with E-state index in [1.165, 1.54) is 0 Å². The van der Waals surface area contributed by atoms with Crippen LogP contribution >= 0.6 is 0 Å². The van der Waals surface area contributed by atoms with Gasteiger partial charge in [0.1, 0.15) is 0 Å². The van der Waals surface area contributed by atoms with E-state index in [2.05, 4.69) is 29.7 Å². The maximum Gasteiger partial charge on any atom is 0.0263 e. The van der Waals surface area contributed by atoms with Gasteiger partial charge in [0.15, 0.2) is 0 Å². The molecule has 57 valence electrons. The fraction of sp³-hybridized carbons (Fsp3) is 0.167. The first kappa shape index (κ1) is 8.44. The van der Waals surface area contributed by atoms with Crippen molar-refractivity contribution in [2.45, 2.75) is 13.8 Å². The molecule has 0 atom stereocenters. The first-order valence-corrected chi connectivity index (χ1v) is 3.73. The van der Waals surface area contributed by atoms with E-state index in [1.807, 2.05) is 32.0 Å². The molecule has 1 rings (SSSR count). The van der Waals surface area contributed by atoms with Gasteiger partial charge in [0.25, 0.3) is 0 Å². The summed E-state index contributed by atoms with van der Waals surface area (Å²) in [7, 11) is 0. The molecule has 12 heavy (non-hydrogen) atoms. The monoisotopic (exact) mass is 153 g/mol. The van der Waals surface area contributed by atoms with E-state index >= 15 is 0 Å². The summed E-state index contributed by atoms with van der Waals surface area (Å²) >= 11 is 0. The number of hydrogen-bond donors (Lipinski definition) is 0. The average Bonchev–Trinajstić information content (AvgIpc) is 2.06. The van der Waals surface area contributed by atoms with E-state index in [1.54, 1.807) is 0 Å². The van der Waals surface area contributed by atoms with Crippen LogP contribution in [0.2, 0.25) is 0 Å². The Balaban J connectivity index is 3.06. The second-order valence-corrected chi connectivity index (χ2v) is 2.26. The minimum Gasteiger partial charge on any atom is -0.101 e. The Bertz CT molecular complexity index is 342. The molecule has 0 amide bonds. The lowest BCUT2D eigenvalue weighted by Gasteiger charge is -1.90. The van der Waals surface area contributed by atoms with Crippen molar-refractivity contribution in [1.29, 1.82) is 0 Å². The molecule has 0 unspecified atom stereocenters. The van der Waals surface area contributed by atoms with Gasteiger partial charge >= 0.3 is 0 Å². The van der Waals surface area contributed by atoms with E-state index in [4.69, 9.17) is 0 Å². The molecular weight excluding hydrogens is 144 g/mol. The summed E-state index contributed by atoms with van der Waals surface area (Å²) in [5.74, 6) is 11.6. The molecule has 0 aliphatic carbocycles. The highest BCUT2D eigenvalue weighted by Gasteiger charge is 1.88. The summed E-state index contributed by atoms with van der Waals surface area (Å²) in [6.07, 6.45) is 0. The second-order valence-electron chi connectivity index (χ2n) is 2.26. The molecule has 0 aromatic heterocycles. The summed E-state index contributed by atoms with van der Waals surface area (Å²) in [6, 6.07) is 8.67. The summed E-state index contributed by atoms with van der Waals surface area (Å²) in [5.41, 5.74) is 1.94. The van der Waals surface area contributed by atoms with Gasteiger partial charge < -0.3 is 0 Å². The minimum absolute atomic E-state index is 0.970. The molecule has 0 aliphatic heterocycles. The molecule has 0 N–H and O–H groups in total. The fourth-order valence-electron chi connectivity index (χ4n) is 0.905. The van der Waals surface area contributed by atoms with Gasteiger partial charge in [-0.05, 0) is 38.1 Å². The molecule has 0 bridgehead atoms. The smallest absolute Gasteiger partial charge is 0.0263 e. The lowest BCUT2D eigenvalue weighted by molar-refractivity contribution is 1.58. The Hall–Kier alpha value is -1.66. The maximum atomic E-state index is 2.99. The molecule has 0 heteroatoms. The van der Waals surface area contributed by atoms with Crippen LogP contribution in [0, 0.1) is 29.7 Å². The minimum atomic E-state index is 0.970. The lowest BCUT2D eigenvalue weighted by Crippen LogP contribution is -1.77. The Morgan fingerprint density at radius 3 is 1.92 bits per heavy atom. The van der Waals surface area contributed by atoms with Crippen molar-refractivity contribution in [3.05, 3.63) is 35.4 Å². The number of rotatable bonds is 0. The standard InChI is InChI=1S/C12H9/c1-3-6-11-8-5-9-12(10-11)7-4-2/h8-10H,1-2H3. The van der Waals surface area contributed by atoms with Crippen LogP contribution < -0.4 is 0 Å². The van der Waals surface area contributed by atoms with E-state index in [-0.39, 0.29) is 0 Å². The van der Waals surface area contributed by atoms with Crippen LogP contribution in [0.4, 0.5) is 0 Å². The largest absolute Gasteiger partial charge is 0.101 e. The van der Waals surface area contributed by atoms with Gasteiger partial charge in [-0.3, -0.25) is 0 Å². The van der Waals surface area contributed by atoms with Crippen molar-refractivity contribution < 1.29 is 0 Å². The topological polar surface area (TPSA) is 0 Å². The van der Waals surface area contributed by atoms with Crippen LogP contribution in [-0.2, 0) is 0 Å². The summed E-state index contributed by atoms with van der Waals surface area (Å²) < 4.78 is 0. The van der Waals surface area contributed by atoms with Crippen LogP contribution in [0.1, 0.15) is 25.0 Å². The summed E-state index contributed by atoms with van der Waals surface area (Å²) in [4.78, 5) is 0. The number of hydrogen-bond acceptors (Lipinski definition) is 0. The summed E-state index contributed by atoms with van der Waals surface area (Å²) in [6.45, 7) is 3.64. The predicted octanol–water partition coefficient (Wildman–Crippen LogP) is 2.23. The first-order valence-electron chi connectivity index (χ1n) is 3.73. The Morgan fingerprint density at radius 2 is 1.50 bits per heavy atom. The van der Waals surface area contributed by atoms with Crippen LogP contribution in [0.3, 0.4) is 0 Å². The van der Waals surface area contributed by atoms with Gasteiger partial charge in [-0.15, -0.1) is 11.8 Å². The molecule has 0 saturated carbocycles. The third-order valence-electron chi connectivity index (χ3n) is 1.33. The van der Waals surface area contributed by atoms with Crippen molar-refractivity contribution in [2.24, 2.45) is 0 Å². The molecule has 1 aromatic carbocycles. The van der Waals surface area contributed by atoms with Crippen molar-refractivity contribution in [3.63, 3.8) is 0 Å². The Labute approximate surface area is 73.6 Å². The highest BCUT2D eigenvalue weighted by Crippen LogP contribution is 2.01. The lowest BCUT2D eigenvalue weighted by atomic mass is 10.1. The van der Waals surface area contributed by atoms with Crippen LogP contribution in [0.5, 0.6) is 0 Å². The zero-order valence-electron chi connectivity index (χ0n) is 7.23. The van der Waals surface area contributed by atoms with Crippen molar-refractivity contribution in [3.8, 4) is 23.7 Å². The van der Waals surface area contributed by atoms with Gasteiger partial charge in [-0.25, -0.2) is 0 Å². The van der Waals surface area contributed by atoms with Crippen molar-refractivity contribution in [1.82, 2.24) is 0 Å². The molecule has 0 nitrogen and oxygen atoms in total. The zero-order chi connectivity index (χ0) is 8.81. The first-order chi connectivity index (χ1) is 5.86. The van der Waals surface area contributed by atoms with Gasteiger partial charge in [0, 0.05) is 11.1 Å². The Kier molecular flexibility index (Phi) is 3.00. The molecule has 0 fully saturated rings. The van der Waals surface area contributed by atoms with E-state index < -0.39 is 0 Å². The quantitative estimate of drug-likeness (QED) is 0.501. The maximum absolute atomic E-state index is 2.99. The number of benzene rings is 1. The normalized spacial score (nSPS) is 7.50. The third kappa shape index (κ3) is 2.19. The van der Waals surface area contributed by atoms with E-state index in [0.29, 0.717) is 0 Å². The van der Waals surface area contributed by atoms with Crippen LogP contribution in [0.25, 0.3) is 0 Å². The Morgan fingerprint density at radius 1 is 1.00 bits per heavy atom. The molecule has 0 aliphatic rings. The van der Waals surface area contributed by atoms with E-state index in [0.717, 1.165) is 11.1 Å². The SMILES string of the molecule is CC#Cc1c[c]cc(C#CC)c1.